The Morgan fingerprint density at radius 2 is 1.52 bits per heavy atom. The van der Waals surface area contributed by atoms with Crippen molar-refractivity contribution in [3.8, 4) is 5.75 Å². The van der Waals surface area contributed by atoms with Crippen LogP contribution in [0.25, 0.3) is 0 Å². The molecule has 0 aliphatic rings. The molecule has 3 N–H and O–H groups in total. The second-order valence-corrected chi connectivity index (χ2v) is 4.61. The van der Waals surface area contributed by atoms with Crippen LogP contribution in [-0.4, -0.2) is 16.9 Å². The van der Waals surface area contributed by atoms with Gasteiger partial charge in [-0.05, 0) is 30.3 Å². The molecule has 5 heteroatoms. The van der Waals surface area contributed by atoms with Crippen molar-refractivity contribution >= 4 is 23.2 Å². The second-order valence-electron chi connectivity index (χ2n) is 4.61. The normalized spacial score (nSPS) is 9.95. The molecule has 0 spiro atoms. The molecule has 0 saturated carbocycles. The van der Waals surface area contributed by atoms with Crippen molar-refractivity contribution < 1.29 is 14.7 Å². The maximum atomic E-state index is 11.9. The number of phenolic OH excluding ortho intramolecular Hbond substituents is 1. The molecule has 0 saturated heterocycles. The number of carbonyl (C=O) groups excluding carboxylic acids is 2. The minimum Gasteiger partial charge on any atom is -0.508 e. The highest BCUT2D eigenvalue weighted by Gasteiger charge is 2.07. The number of aromatic hydroxyl groups is 1. The summed E-state index contributed by atoms with van der Waals surface area (Å²) in [6, 6.07) is 13.5. The highest BCUT2D eigenvalue weighted by Crippen LogP contribution is 2.18. The van der Waals surface area contributed by atoms with Gasteiger partial charge in [0, 0.05) is 23.9 Å². The molecular formula is C16H16N2O3. The molecule has 2 amide bonds. The smallest absolute Gasteiger partial charge is 0.228 e. The molecule has 2 aromatic carbocycles. The van der Waals surface area contributed by atoms with Crippen molar-refractivity contribution in [1.82, 2.24) is 0 Å². The van der Waals surface area contributed by atoms with Crippen LogP contribution < -0.4 is 10.6 Å². The highest BCUT2D eigenvalue weighted by atomic mass is 16.3. The van der Waals surface area contributed by atoms with E-state index in [4.69, 9.17) is 0 Å². The number of para-hydroxylation sites is 1. The first kappa shape index (κ1) is 14.6. The fourth-order valence-electron chi connectivity index (χ4n) is 1.88. The Morgan fingerprint density at radius 1 is 0.952 bits per heavy atom. The largest absolute Gasteiger partial charge is 0.508 e. The standard InChI is InChI=1S/C16H16N2O3/c1-11(19)17-13-6-8-14(9-7-13)18-16(21)10-12-4-2-3-5-15(12)20/h2-9,20H,10H2,1H3,(H,17,19)(H,18,21). The lowest BCUT2D eigenvalue weighted by molar-refractivity contribution is -0.116. The van der Waals surface area contributed by atoms with Crippen molar-refractivity contribution in [3.63, 3.8) is 0 Å². The summed E-state index contributed by atoms with van der Waals surface area (Å²) in [5, 5.41) is 15.0. The van der Waals surface area contributed by atoms with E-state index in [1.807, 2.05) is 0 Å². The summed E-state index contributed by atoms with van der Waals surface area (Å²) in [6.45, 7) is 1.43. The maximum Gasteiger partial charge on any atom is 0.228 e. The first-order valence-electron chi connectivity index (χ1n) is 6.49. The van der Waals surface area contributed by atoms with E-state index in [1.54, 1.807) is 48.5 Å². The van der Waals surface area contributed by atoms with E-state index in [2.05, 4.69) is 10.6 Å². The van der Waals surface area contributed by atoms with Crippen molar-refractivity contribution in [2.75, 3.05) is 10.6 Å². The van der Waals surface area contributed by atoms with Gasteiger partial charge in [0.2, 0.25) is 11.8 Å². The number of phenols is 1. The third-order valence-electron chi connectivity index (χ3n) is 2.83. The van der Waals surface area contributed by atoms with Gasteiger partial charge in [-0.15, -0.1) is 0 Å². The molecule has 108 valence electrons. The molecule has 21 heavy (non-hydrogen) atoms. The zero-order valence-electron chi connectivity index (χ0n) is 11.6. The fourth-order valence-corrected chi connectivity index (χ4v) is 1.88. The molecule has 0 aliphatic heterocycles. The summed E-state index contributed by atoms with van der Waals surface area (Å²) in [5.41, 5.74) is 1.87. The van der Waals surface area contributed by atoms with E-state index in [0.29, 0.717) is 16.9 Å². The molecule has 0 bridgehead atoms. The van der Waals surface area contributed by atoms with E-state index in [-0.39, 0.29) is 24.0 Å². The van der Waals surface area contributed by atoms with Gasteiger partial charge in [0.15, 0.2) is 0 Å². The first-order valence-corrected chi connectivity index (χ1v) is 6.49. The van der Waals surface area contributed by atoms with Crippen LogP contribution in [0.1, 0.15) is 12.5 Å². The Morgan fingerprint density at radius 3 is 2.10 bits per heavy atom. The van der Waals surface area contributed by atoms with Gasteiger partial charge >= 0.3 is 0 Å². The zero-order chi connectivity index (χ0) is 15.2. The van der Waals surface area contributed by atoms with Crippen molar-refractivity contribution in [2.24, 2.45) is 0 Å². The summed E-state index contributed by atoms with van der Waals surface area (Å²) in [7, 11) is 0. The van der Waals surface area contributed by atoms with Crippen LogP contribution in [0.5, 0.6) is 5.75 Å². The topological polar surface area (TPSA) is 78.4 Å². The molecular weight excluding hydrogens is 268 g/mol. The van der Waals surface area contributed by atoms with Crippen LogP contribution in [0, 0.1) is 0 Å². The minimum atomic E-state index is -0.219. The maximum absolute atomic E-state index is 11.9. The molecule has 2 rings (SSSR count). The molecule has 0 aliphatic carbocycles. The van der Waals surface area contributed by atoms with Gasteiger partial charge < -0.3 is 15.7 Å². The number of hydrogen-bond donors (Lipinski definition) is 3. The lowest BCUT2D eigenvalue weighted by Gasteiger charge is -2.08. The van der Waals surface area contributed by atoms with Gasteiger partial charge in [0.1, 0.15) is 5.75 Å². The number of amides is 2. The Kier molecular flexibility index (Phi) is 4.56. The molecule has 0 atom stereocenters. The van der Waals surface area contributed by atoms with Gasteiger partial charge in [0.05, 0.1) is 6.42 Å². The SMILES string of the molecule is CC(=O)Nc1ccc(NC(=O)Cc2ccccc2O)cc1. The average molecular weight is 284 g/mol. The quantitative estimate of drug-likeness (QED) is 0.807. The van der Waals surface area contributed by atoms with Crippen molar-refractivity contribution in [3.05, 3.63) is 54.1 Å². The van der Waals surface area contributed by atoms with E-state index < -0.39 is 0 Å². The molecule has 5 nitrogen and oxygen atoms in total. The lowest BCUT2D eigenvalue weighted by atomic mass is 10.1. The fraction of sp³-hybridized carbons (Fsp3) is 0.125. The third-order valence-corrected chi connectivity index (χ3v) is 2.83. The Labute approximate surface area is 122 Å². The van der Waals surface area contributed by atoms with Crippen LogP contribution in [0.2, 0.25) is 0 Å². The molecule has 0 radical (unpaired) electrons. The van der Waals surface area contributed by atoms with E-state index >= 15 is 0 Å². The number of anilines is 2. The predicted molar refractivity (Wildman–Crippen MR) is 81.2 cm³/mol. The van der Waals surface area contributed by atoms with E-state index in [9.17, 15) is 14.7 Å². The predicted octanol–water partition coefficient (Wildman–Crippen LogP) is 2.53. The summed E-state index contributed by atoms with van der Waals surface area (Å²) in [6.07, 6.45) is 0.0973. The lowest BCUT2D eigenvalue weighted by Crippen LogP contribution is -2.14. The zero-order valence-corrected chi connectivity index (χ0v) is 11.6. The first-order chi connectivity index (χ1) is 10.0. The van der Waals surface area contributed by atoms with Crippen molar-refractivity contribution in [1.29, 1.82) is 0 Å². The molecule has 0 heterocycles. The molecule has 0 fully saturated rings. The number of benzene rings is 2. The summed E-state index contributed by atoms with van der Waals surface area (Å²) < 4.78 is 0. The van der Waals surface area contributed by atoms with Gasteiger partial charge in [-0.2, -0.15) is 0 Å². The third kappa shape index (κ3) is 4.35. The van der Waals surface area contributed by atoms with Crippen LogP contribution in [0.4, 0.5) is 11.4 Å². The van der Waals surface area contributed by atoms with Crippen LogP contribution in [0.3, 0.4) is 0 Å². The summed E-state index contributed by atoms with van der Waals surface area (Å²) in [4.78, 5) is 22.8. The minimum absolute atomic E-state index is 0.0973. The van der Waals surface area contributed by atoms with Gasteiger partial charge in [0.25, 0.3) is 0 Å². The average Bonchev–Trinajstić information content (AvgIpc) is 2.43. The molecule has 2 aromatic rings. The van der Waals surface area contributed by atoms with Gasteiger partial charge in [-0.25, -0.2) is 0 Å². The molecule has 0 unspecified atom stereocenters. The molecule has 0 aromatic heterocycles. The number of carbonyl (C=O) groups is 2. The summed E-state index contributed by atoms with van der Waals surface area (Å²) in [5.74, 6) is -0.260. The second kappa shape index (κ2) is 6.56. The Bertz CT molecular complexity index is 651. The monoisotopic (exact) mass is 284 g/mol. The van der Waals surface area contributed by atoms with Gasteiger partial charge in [-0.3, -0.25) is 9.59 Å². The van der Waals surface area contributed by atoms with E-state index in [0.717, 1.165) is 0 Å². The Hall–Kier alpha value is -2.82. The van der Waals surface area contributed by atoms with Gasteiger partial charge in [-0.1, -0.05) is 18.2 Å². The van der Waals surface area contributed by atoms with Crippen molar-refractivity contribution in [2.45, 2.75) is 13.3 Å². The number of nitrogens with one attached hydrogen (secondary N) is 2. The van der Waals surface area contributed by atoms with E-state index in [1.165, 1.54) is 6.92 Å². The summed E-state index contributed by atoms with van der Waals surface area (Å²) >= 11 is 0. The van der Waals surface area contributed by atoms with Crippen LogP contribution >= 0.6 is 0 Å². The highest BCUT2D eigenvalue weighted by molar-refractivity contribution is 5.93. The van der Waals surface area contributed by atoms with Crippen LogP contribution in [-0.2, 0) is 16.0 Å². The number of rotatable bonds is 4. The number of hydrogen-bond acceptors (Lipinski definition) is 3. The Balaban J connectivity index is 1.96. The van der Waals surface area contributed by atoms with Crippen LogP contribution in [0.15, 0.2) is 48.5 Å².